The fourth-order valence-corrected chi connectivity index (χ4v) is 0.797. The van der Waals surface area contributed by atoms with Crippen LogP contribution in [0.1, 0.15) is 26.7 Å². The molecule has 2 N–H and O–H groups in total. The summed E-state index contributed by atoms with van der Waals surface area (Å²) in [6.07, 6.45) is 0.854. The number of nitrogens with one attached hydrogen (secondary N) is 1. The van der Waals surface area contributed by atoms with E-state index in [1.807, 2.05) is 0 Å². The zero-order chi connectivity index (χ0) is 10.4. The lowest BCUT2D eigenvalue weighted by molar-refractivity contribution is -0.145. The van der Waals surface area contributed by atoms with Crippen LogP contribution in [0.4, 0.5) is 0 Å². The lowest BCUT2D eigenvalue weighted by atomic mass is 10.2. The van der Waals surface area contributed by atoms with Gasteiger partial charge in [-0.05, 0) is 13.3 Å². The lowest BCUT2D eigenvalue weighted by Crippen LogP contribution is -2.45. The highest BCUT2D eigenvalue weighted by atomic mass is 16.4. The second kappa shape index (κ2) is 5.29. The number of hydrogen-bond donors (Lipinski definition) is 2. The molecule has 5 heteroatoms. The van der Waals surface area contributed by atoms with Gasteiger partial charge in [-0.1, -0.05) is 6.92 Å². The summed E-state index contributed by atoms with van der Waals surface area (Å²) in [7, 11) is 0. The largest absolute Gasteiger partial charge is 0.479 e. The Labute approximate surface area is 76.1 Å². The van der Waals surface area contributed by atoms with Crippen molar-refractivity contribution in [3.63, 3.8) is 0 Å². The number of carboxylic acid groups (broad SMARTS) is 1. The summed E-state index contributed by atoms with van der Waals surface area (Å²) in [6.45, 7) is 2.92. The number of carbonyl (C=O) groups excluding carboxylic acids is 2. The Kier molecular flexibility index (Phi) is 4.72. The molecule has 0 aromatic rings. The molecule has 0 spiro atoms. The first kappa shape index (κ1) is 11.6. The summed E-state index contributed by atoms with van der Waals surface area (Å²) in [5.41, 5.74) is 0. The first-order valence-corrected chi connectivity index (χ1v) is 4.01. The van der Waals surface area contributed by atoms with E-state index in [2.05, 4.69) is 5.32 Å². The smallest absolute Gasteiger partial charge is 0.334 e. The average Bonchev–Trinajstić information content (AvgIpc) is 1.99. The quantitative estimate of drug-likeness (QED) is 0.591. The molecule has 0 saturated carbocycles. The molecule has 0 rings (SSSR count). The molecule has 1 amide bonds. The summed E-state index contributed by atoms with van der Waals surface area (Å²) in [6, 6.07) is -1.40. The van der Waals surface area contributed by atoms with Crippen molar-refractivity contribution in [3.8, 4) is 0 Å². The molecular weight excluding hydrogens is 174 g/mol. The number of rotatable bonds is 5. The standard InChI is InChI=1S/C8H13NO4/c1-3-4-6(11)9-7(5(2)10)8(12)13/h7H,3-4H2,1-2H3,(H,9,11)(H,12,13). The van der Waals surface area contributed by atoms with Gasteiger partial charge in [-0.15, -0.1) is 0 Å². The fourth-order valence-electron chi connectivity index (χ4n) is 0.797. The van der Waals surface area contributed by atoms with Crippen molar-refractivity contribution in [2.45, 2.75) is 32.7 Å². The van der Waals surface area contributed by atoms with Gasteiger partial charge in [-0.25, -0.2) is 4.79 Å². The molecule has 0 aliphatic carbocycles. The zero-order valence-corrected chi connectivity index (χ0v) is 7.66. The summed E-state index contributed by atoms with van der Waals surface area (Å²) in [5.74, 6) is -2.31. The predicted molar refractivity (Wildman–Crippen MR) is 45.2 cm³/mol. The Morgan fingerprint density at radius 1 is 1.38 bits per heavy atom. The topological polar surface area (TPSA) is 83.5 Å². The van der Waals surface area contributed by atoms with Gasteiger partial charge in [-0.3, -0.25) is 9.59 Å². The monoisotopic (exact) mass is 187 g/mol. The molecule has 5 nitrogen and oxygen atoms in total. The van der Waals surface area contributed by atoms with Crippen LogP contribution in [-0.4, -0.2) is 28.8 Å². The van der Waals surface area contributed by atoms with Gasteiger partial charge < -0.3 is 10.4 Å². The number of hydrogen-bond acceptors (Lipinski definition) is 3. The summed E-state index contributed by atoms with van der Waals surface area (Å²) in [5, 5.41) is 10.7. The zero-order valence-electron chi connectivity index (χ0n) is 7.66. The molecule has 13 heavy (non-hydrogen) atoms. The summed E-state index contributed by atoms with van der Waals surface area (Å²) in [4.78, 5) is 32.1. The fraction of sp³-hybridized carbons (Fsp3) is 0.625. The van der Waals surface area contributed by atoms with Gasteiger partial charge in [0.1, 0.15) is 0 Å². The third kappa shape index (κ3) is 4.25. The van der Waals surface area contributed by atoms with Crippen LogP contribution in [0.5, 0.6) is 0 Å². The van der Waals surface area contributed by atoms with Crippen LogP contribution in [0.2, 0.25) is 0 Å². The maximum atomic E-state index is 10.9. The third-order valence-corrected chi connectivity index (χ3v) is 1.44. The average molecular weight is 187 g/mol. The van der Waals surface area contributed by atoms with Crippen molar-refractivity contribution < 1.29 is 19.5 Å². The summed E-state index contributed by atoms with van der Waals surface area (Å²) < 4.78 is 0. The number of amides is 1. The Balaban J connectivity index is 4.19. The van der Waals surface area contributed by atoms with E-state index in [9.17, 15) is 14.4 Å². The van der Waals surface area contributed by atoms with Crippen molar-refractivity contribution in [1.82, 2.24) is 5.32 Å². The maximum Gasteiger partial charge on any atom is 0.334 e. The molecule has 1 atom stereocenters. The van der Waals surface area contributed by atoms with Crippen molar-refractivity contribution in [2.24, 2.45) is 0 Å². The highest BCUT2D eigenvalue weighted by Crippen LogP contribution is 1.91. The Bertz CT molecular complexity index is 210. The molecule has 0 aliphatic heterocycles. The summed E-state index contributed by atoms with van der Waals surface area (Å²) >= 11 is 0. The third-order valence-electron chi connectivity index (χ3n) is 1.44. The van der Waals surface area contributed by atoms with E-state index in [4.69, 9.17) is 5.11 Å². The van der Waals surface area contributed by atoms with Gasteiger partial charge >= 0.3 is 5.97 Å². The van der Waals surface area contributed by atoms with Gasteiger partial charge in [0, 0.05) is 6.42 Å². The molecule has 74 valence electrons. The molecule has 0 aliphatic rings. The van der Waals surface area contributed by atoms with Gasteiger partial charge in [0.05, 0.1) is 0 Å². The molecule has 0 radical (unpaired) electrons. The van der Waals surface area contributed by atoms with E-state index in [0.717, 1.165) is 6.92 Å². The minimum atomic E-state index is -1.40. The van der Waals surface area contributed by atoms with Gasteiger partial charge in [0.15, 0.2) is 11.8 Å². The SMILES string of the molecule is CCCC(=O)NC(C(C)=O)C(=O)O. The first-order valence-electron chi connectivity index (χ1n) is 4.01. The van der Waals surface area contributed by atoms with Crippen LogP contribution in [0, 0.1) is 0 Å². The number of aliphatic carboxylic acids is 1. The molecule has 0 aromatic carbocycles. The van der Waals surface area contributed by atoms with E-state index < -0.39 is 23.7 Å². The number of ketones is 1. The van der Waals surface area contributed by atoms with Gasteiger partial charge in [-0.2, -0.15) is 0 Å². The van der Waals surface area contributed by atoms with Crippen LogP contribution in [0.3, 0.4) is 0 Å². The molecule has 0 fully saturated rings. The van der Waals surface area contributed by atoms with E-state index in [0.29, 0.717) is 6.42 Å². The van der Waals surface area contributed by atoms with E-state index in [-0.39, 0.29) is 6.42 Å². The predicted octanol–water partition coefficient (Wildman–Crippen LogP) is -0.0551. The number of carboxylic acids is 1. The second-order valence-corrected chi connectivity index (χ2v) is 2.70. The van der Waals surface area contributed by atoms with Crippen LogP contribution in [-0.2, 0) is 14.4 Å². The Hall–Kier alpha value is -1.39. The number of carbonyl (C=O) groups is 3. The molecule has 0 saturated heterocycles. The first-order chi connectivity index (χ1) is 5.99. The van der Waals surface area contributed by atoms with E-state index in [1.54, 1.807) is 6.92 Å². The van der Waals surface area contributed by atoms with Crippen LogP contribution < -0.4 is 5.32 Å². The van der Waals surface area contributed by atoms with Crippen molar-refractivity contribution in [1.29, 1.82) is 0 Å². The maximum absolute atomic E-state index is 10.9. The van der Waals surface area contributed by atoms with E-state index in [1.165, 1.54) is 0 Å². The highest BCUT2D eigenvalue weighted by molar-refractivity contribution is 6.03. The normalized spacial score (nSPS) is 11.8. The van der Waals surface area contributed by atoms with Crippen LogP contribution in [0.25, 0.3) is 0 Å². The van der Waals surface area contributed by atoms with E-state index >= 15 is 0 Å². The van der Waals surface area contributed by atoms with Crippen LogP contribution in [0.15, 0.2) is 0 Å². The Morgan fingerprint density at radius 2 is 1.92 bits per heavy atom. The van der Waals surface area contributed by atoms with Gasteiger partial charge in [0.25, 0.3) is 0 Å². The molecular formula is C8H13NO4. The molecule has 0 aromatic heterocycles. The molecule has 1 unspecified atom stereocenters. The minimum Gasteiger partial charge on any atom is -0.479 e. The Morgan fingerprint density at radius 3 is 2.23 bits per heavy atom. The molecule has 0 bridgehead atoms. The second-order valence-electron chi connectivity index (χ2n) is 2.70. The van der Waals surface area contributed by atoms with Gasteiger partial charge in [0.2, 0.25) is 5.91 Å². The van der Waals surface area contributed by atoms with Crippen molar-refractivity contribution >= 4 is 17.7 Å². The lowest BCUT2D eigenvalue weighted by Gasteiger charge is -2.10. The highest BCUT2D eigenvalue weighted by Gasteiger charge is 2.23. The minimum absolute atomic E-state index is 0.233. The van der Waals surface area contributed by atoms with Crippen LogP contribution >= 0.6 is 0 Å². The van der Waals surface area contributed by atoms with Crippen molar-refractivity contribution in [3.05, 3.63) is 0 Å². The number of Topliss-reactive ketones (excluding diaryl/α,β-unsaturated/α-hetero) is 1. The van der Waals surface area contributed by atoms with Crippen molar-refractivity contribution in [2.75, 3.05) is 0 Å². The molecule has 0 heterocycles.